The summed E-state index contributed by atoms with van der Waals surface area (Å²) in [6.45, 7) is 4.18. The first kappa shape index (κ1) is 15.1. The number of hydrogen-bond acceptors (Lipinski definition) is 7. The summed E-state index contributed by atoms with van der Waals surface area (Å²) >= 11 is 3.61. The van der Waals surface area contributed by atoms with Gasteiger partial charge < -0.3 is 14.5 Å². The molecule has 6 nitrogen and oxygen atoms in total. The molecular weight excluding hydrogens is 308 g/mol. The molecule has 1 aromatic heterocycles. The molecule has 8 heteroatoms. The molecule has 0 aliphatic carbocycles. The molecule has 1 amide bonds. The Morgan fingerprint density at radius 1 is 1.48 bits per heavy atom. The Kier molecular flexibility index (Phi) is 4.11. The van der Waals surface area contributed by atoms with Crippen molar-refractivity contribution in [3.8, 4) is 0 Å². The standard InChI is InChI=1S/C13H20N4O2S2/c1-9-14-15-12(21-9)17-7-13(8-17)4-10(6-20-13)19-5-11(18)16(2)3/h10H,4-8H2,1-3H3/t10-/m0/s1. The maximum Gasteiger partial charge on any atom is 0.248 e. The predicted octanol–water partition coefficient (Wildman–Crippen LogP) is 1.02. The van der Waals surface area contributed by atoms with Gasteiger partial charge in [0.15, 0.2) is 0 Å². The number of rotatable bonds is 4. The Morgan fingerprint density at radius 2 is 2.24 bits per heavy atom. The summed E-state index contributed by atoms with van der Waals surface area (Å²) in [5.74, 6) is 1.00. The van der Waals surface area contributed by atoms with Gasteiger partial charge in [-0.1, -0.05) is 11.3 Å². The van der Waals surface area contributed by atoms with Crippen LogP contribution in [0.2, 0.25) is 0 Å². The zero-order valence-electron chi connectivity index (χ0n) is 12.5. The second-order valence-corrected chi connectivity index (χ2v) is 8.53. The first-order valence-corrected chi connectivity index (χ1v) is 8.78. The van der Waals surface area contributed by atoms with Crippen LogP contribution in [-0.2, 0) is 9.53 Å². The fourth-order valence-corrected chi connectivity index (χ4v) is 4.88. The number of amides is 1. The van der Waals surface area contributed by atoms with E-state index in [4.69, 9.17) is 4.74 Å². The van der Waals surface area contributed by atoms with Gasteiger partial charge in [-0.05, 0) is 13.3 Å². The lowest BCUT2D eigenvalue weighted by Gasteiger charge is -2.47. The lowest BCUT2D eigenvalue weighted by molar-refractivity contribution is -0.135. The average Bonchev–Trinajstić information content (AvgIpc) is 3.00. The zero-order chi connectivity index (χ0) is 15.0. The minimum Gasteiger partial charge on any atom is -0.367 e. The van der Waals surface area contributed by atoms with Gasteiger partial charge in [0.1, 0.15) is 11.6 Å². The summed E-state index contributed by atoms with van der Waals surface area (Å²) in [5, 5.41) is 10.3. The quantitative estimate of drug-likeness (QED) is 0.822. The summed E-state index contributed by atoms with van der Waals surface area (Å²) in [7, 11) is 3.51. The molecule has 1 atom stereocenters. The van der Waals surface area contributed by atoms with Crippen molar-refractivity contribution in [2.75, 3.05) is 44.4 Å². The van der Waals surface area contributed by atoms with E-state index >= 15 is 0 Å². The SMILES string of the molecule is Cc1nnc(N2CC3(C[C@H](OCC(=O)N(C)C)CS3)C2)s1. The molecule has 1 spiro atoms. The Morgan fingerprint density at radius 3 is 2.86 bits per heavy atom. The predicted molar refractivity (Wildman–Crippen MR) is 85.1 cm³/mol. The van der Waals surface area contributed by atoms with Gasteiger partial charge in [-0.3, -0.25) is 4.79 Å². The third kappa shape index (κ3) is 3.17. The van der Waals surface area contributed by atoms with Crippen LogP contribution in [0.25, 0.3) is 0 Å². The van der Waals surface area contributed by atoms with Crippen LogP contribution in [-0.4, -0.2) is 71.4 Å². The van der Waals surface area contributed by atoms with Crippen LogP contribution < -0.4 is 4.90 Å². The molecule has 0 unspecified atom stereocenters. The number of hydrogen-bond donors (Lipinski definition) is 0. The van der Waals surface area contributed by atoms with Crippen molar-refractivity contribution in [1.82, 2.24) is 15.1 Å². The van der Waals surface area contributed by atoms with Crippen molar-refractivity contribution in [3.05, 3.63) is 5.01 Å². The van der Waals surface area contributed by atoms with E-state index in [1.54, 1.807) is 30.3 Å². The Labute approximate surface area is 132 Å². The smallest absolute Gasteiger partial charge is 0.248 e. The average molecular weight is 328 g/mol. The number of carbonyl (C=O) groups excluding carboxylic acids is 1. The summed E-state index contributed by atoms with van der Waals surface area (Å²) in [6, 6.07) is 0. The first-order chi connectivity index (χ1) is 9.97. The number of ether oxygens (including phenoxy) is 1. The van der Waals surface area contributed by atoms with Crippen LogP contribution in [0.5, 0.6) is 0 Å². The first-order valence-electron chi connectivity index (χ1n) is 6.98. The van der Waals surface area contributed by atoms with Gasteiger partial charge >= 0.3 is 0 Å². The number of thioether (sulfide) groups is 1. The van der Waals surface area contributed by atoms with Crippen LogP contribution in [0.3, 0.4) is 0 Å². The lowest BCUT2D eigenvalue weighted by Crippen LogP contribution is -2.59. The van der Waals surface area contributed by atoms with Crippen molar-refractivity contribution in [1.29, 1.82) is 0 Å². The fourth-order valence-electron chi connectivity index (χ4n) is 2.65. The molecule has 0 N–H and O–H groups in total. The van der Waals surface area contributed by atoms with E-state index in [1.807, 2.05) is 18.7 Å². The van der Waals surface area contributed by atoms with Gasteiger partial charge in [0.25, 0.3) is 0 Å². The highest BCUT2D eigenvalue weighted by Crippen LogP contribution is 2.47. The van der Waals surface area contributed by atoms with E-state index in [-0.39, 0.29) is 23.4 Å². The van der Waals surface area contributed by atoms with E-state index < -0.39 is 0 Å². The molecule has 21 heavy (non-hydrogen) atoms. The number of nitrogens with zero attached hydrogens (tertiary/aromatic N) is 4. The van der Waals surface area contributed by atoms with Crippen molar-refractivity contribution >= 4 is 34.1 Å². The van der Waals surface area contributed by atoms with E-state index in [0.717, 1.165) is 35.4 Å². The third-order valence-electron chi connectivity index (χ3n) is 3.86. The maximum atomic E-state index is 11.6. The van der Waals surface area contributed by atoms with Gasteiger partial charge in [-0.15, -0.1) is 22.0 Å². The van der Waals surface area contributed by atoms with Crippen molar-refractivity contribution < 1.29 is 9.53 Å². The van der Waals surface area contributed by atoms with Gasteiger partial charge in [-0.2, -0.15) is 0 Å². The van der Waals surface area contributed by atoms with Gasteiger partial charge in [0.05, 0.1) is 10.9 Å². The molecule has 2 fully saturated rings. The van der Waals surface area contributed by atoms with Crippen molar-refractivity contribution in [2.24, 2.45) is 0 Å². The second-order valence-electron chi connectivity index (χ2n) is 5.88. The minimum atomic E-state index is 0.0283. The molecule has 2 aliphatic rings. The Hall–Kier alpha value is -0.860. The Bertz CT molecular complexity index is 528. The summed E-state index contributed by atoms with van der Waals surface area (Å²) in [6.07, 6.45) is 1.21. The van der Waals surface area contributed by atoms with E-state index in [1.165, 1.54) is 0 Å². The number of likely N-dealkylation sites (N-methyl/N-ethyl adjacent to an activating group) is 1. The summed E-state index contributed by atoms with van der Waals surface area (Å²) < 4.78 is 6.03. The topological polar surface area (TPSA) is 58.6 Å². The summed E-state index contributed by atoms with van der Waals surface area (Å²) in [4.78, 5) is 15.4. The summed E-state index contributed by atoms with van der Waals surface area (Å²) in [5.41, 5.74) is 0. The molecular formula is C13H20N4O2S2. The molecule has 0 radical (unpaired) electrons. The van der Waals surface area contributed by atoms with Crippen LogP contribution in [0.4, 0.5) is 5.13 Å². The van der Waals surface area contributed by atoms with Crippen LogP contribution in [0.1, 0.15) is 11.4 Å². The molecule has 3 heterocycles. The second kappa shape index (κ2) is 5.73. The molecule has 3 rings (SSSR count). The van der Waals surface area contributed by atoms with E-state index in [9.17, 15) is 4.79 Å². The number of aryl methyl sites for hydroxylation is 1. The lowest BCUT2D eigenvalue weighted by atomic mass is 9.93. The number of carbonyl (C=O) groups is 1. The Balaban J connectivity index is 1.47. The molecule has 1 aromatic rings. The zero-order valence-corrected chi connectivity index (χ0v) is 14.2. The number of anilines is 1. The highest BCUT2D eigenvalue weighted by Gasteiger charge is 2.50. The van der Waals surface area contributed by atoms with Crippen molar-refractivity contribution in [3.63, 3.8) is 0 Å². The van der Waals surface area contributed by atoms with Crippen LogP contribution in [0, 0.1) is 6.92 Å². The highest BCUT2D eigenvalue weighted by atomic mass is 32.2. The minimum absolute atomic E-state index is 0.0283. The largest absolute Gasteiger partial charge is 0.367 e. The molecule has 0 aromatic carbocycles. The van der Waals surface area contributed by atoms with Crippen LogP contribution >= 0.6 is 23.1 Å². The molecule has 2 saturated heterocycles. The van der Waals surface area contributed by atoms with Crippen LogP contribution in [0.15, 0.2) is 0 Å². The fraction of sp³-hybridized carbons (Fsp3) is 0.769. The number of aromatic nitrogens is 2. The van der Waals surface area contributed by atoms with Gasteiger partial charge in [0, 0.05) is 32.9 Å². The highest BCUT2D eigenvalue weighted by molar-refractivity contribution is 8.01. The monoisotopic (exact) mass is 328 g/mol. The molecule has 0 saturated carbocycles. The van der Waals surface area contributed by atoms with E-state index in [0.29, 0.717) is 0 Å². The maximum absolute atomic E-state index is 11.6. The molecule has 116 valence electrons. The van der Waals surface area contributed by atoms with Gasteiger partial charge in [-0.25, -0.2) is 0 Å². The van der Waals surface area contributed by atoms with Crippen molar-refractivity contribution in [2.45, 2.75) is 24.2 Å². The molecule has 0 bridgehead atoms. The molecule has 2 aliphatic heterocycles. The third-order valence-corrected chi connectivity index (χ3v) is 6.34. The van der Waals surface area contributed by atoms with Gasteiger partial charge in [0.2, 0.25) is 11.0 Å². The van der Waals surface area contributed by atoms with E-state index in [2.05, 4.69) is 15.1 Å². The normalized spacial score (nSPS) is 23.4.